The van der Waals surface area contributed by atoms with Gasteiger partial charge in [-0.1, -0.05) is 42.5 Å². The Morgan fingerprint density at radius 1 is 1.05 bits per heavy atom. The third-order valence-corrected chi connectivity index (χ3v) is 7.53. The molecule has 8 nitrogen and oxygen atoms in total. The first-order valence-corrected chi connectivity index (χ1v) is 13.8. The normalized spacial score (nSPS) is 19.3. The number of imidazole rings is 1. The molecule has 208 valence electrons. The molecule has 3 aromatic carbocycles. The van der Waals surface area contributed by atoms with E-state index in [0.717, 1.165) is 22.4 Å². The molecule has 0 saturated carbocycles. The molecule has 1 aromatic heterocycles. The number of carbonyl (C=O) groups is 2. The molecule has 1 N–H and O–H groups in total. The molecule has 1 saturated heterocycles. The first kappa shape index (κ1) is 26.4. The maximum atomic E-state index is 13.4. The maximum absolute atomic E-state index is 13.4. The van der Waals surface area contributed by atoms with E-state index < -0.39 is 17.7 Å². The summed E-state index contributed by atoms with van der Waals surface area (Å²) in [5.74, 6) is -0.0504. The van der Waals surface area contributed by atoms with E-state index in [1.807, 2.05) is 84.4 Å². The number of hydrogen-bond donors (Lipinski definition) is 1. The number of aromatic nitrogens is 2. The summed E-state index contributed by atoms with van der Waals surface area (Å²) >= 11 is 0. The number of Topliss-reactive ketones (excluding diaryl/α,β-unsaturated/α-hetero) is 1. The molecule has 2 aliphatic rings. The van der Waals surface area contributed by atoms with Crippen molar-refractivity contribution in [1.82, 2.24) is 14.5 Å². The van der Waals surface area contributed by atoms with E-state index in [4.69, 9.17) is 9.47 Å². The number of likely N-dealkylation sites (tertiary alicyclic amines) is 1. The van der Waals surface area contributed by atoms with Crippen LogP contribution in [0.3, 0.4) is 0 Å². The van der Waals surface area contributed by atoms with Gasteiger partial charge in [0.05, 0.1) is 17.9 Å². The summed E-state index contributed by atoms with van der Waals surface area (Å²) in [7, 11) is 0. The SMILES string of the molecule is CC1Cc2cc(/C(O)=C3/C(=O)C(=O)N(CCCn4ccnc4)C3c3ccc(OCc4ccccc4)cc3)ccc2O1. The third kappa shape index (κ3) is 5.45. The maximum Gasteiger partial charge on any atom is 0.295 e. The number of benzene rings is 3. The molecule has 2 unspecified atom stereocenters. The van der Waals surface area contributed by atoms with Crippen molar-refractivity contribution in [3.05, 3.63) is 119 Å². The summed E-state index contributed by atoms with van der Waals surface area (Å²) in [6.07, 6.45) is 6.66. The van der Waals surface area contributed by atoms with Crippen molar-refractivity contribution in [2.24, 2.45) is 0 Å². The first-order valence-electron chi connectivity index (χ1n) is 13.8. The minimum Gasteiger partial charge on any atom is -0.507 e. The van der Waals surface area contributed by atoms with Gasteiger partial charge in [-0.15, -0.1) is 0 Å². The molecule has 2 atom stereocenters. The lowest BCUT2D eigenvalue weighted by Crippen LogP contribution is -2.31. The highest BCUT2D eigenvalue weighted by Gasteiger charge is 2.45. The van der Waals surface area contributed by atoms with Crippen molar-refractivity contribution in [3.8, 4) is 11.5 Å². The van der Waals surface area contributed by atoms with E-state index in [2.05, 4.69) is 4.98 Å². The van der Waals surface area contributed by atoms with E-state index >= 15 is 0 Å². The zero-order valence-corrected chi connectivity index (χ0v) is 22.8. The van der Waals surface area contributed by atoms with Crippen LogP contribution in [0.25, 0.3) is 5.76 Å². The van der Waals surface area contributed by atoms with Crippen molar-refractivity contribution < 1.29 is 24.2 Å². The monoisotopic (exact) mass is 549 g/mol. The van der Waals surface area contributed by atoms with Gasteiger partial charge in [-0.25, -0.2) is 4.98 Å². The van der Waals surface area contributed by atoms with Gasteiger partial charge in [0.25, 0.3) is 11.7 Å². The van der Waals surface area contributed by atoms with Crippen molar-refractivity contribution in [1.29, 1.82) is 0 Å². The highest BCUT2D eigenvalue weighted by Crippen LogP contribution is 2.41. The Bertz CT molecular complexity index is 1580. The standard InChI is InChI=1S/C33H31N3O5/c1-22-18-26-19-25(10-13-28(26)41-22)31(37)29-30(36(33(39)32(29)38)16-5-15-35-17-14-34-21-35)24-8-11-27(12-9-24)40-20-23-6-3-2-4-7-23/h2-4,6-14,17,19,21-22,30,37H,5,15-16,18,20H2,1H3/b31-29-. The Kier molecular flexibility index (Phi) is 7.29. The summed E-state index contributed by atoms with van der Waals surface area (Å²) < 4.78 is 13.7. The quantitative estimate of drug-likeness (QED) is 0.173. The van der Waals surface area contributed by atoms with Gasteiger partial charge in [-0.3, -0.25) is 9.59 Å². The molecule has 0 aliphatic carbocycles. The lowest BCUT2D eigenvalue weighted by Gasteiger charge is -2.25. The van der Waals surface area contributed by atoms with Gasteiger partial charge < -0.3 is 24.0 Å². The van der Waals surface area contributed by atoms with Crippen LogP contribution in [0.2, 0.25) is 0 Å². The van der Waals surface area contributed by atoms with Crippen LogP contribution in [-0.4, -0.2) is 43.9 Å². The summed E-state index contributed by atoms with van der Waals surface area (Å²) in [6, 6.07) is 21.9. The van der Waals surface area contributed by atoms with Crippen LogP contribution in [-0.2, 0) is 29.2 Å². The fraction of sp³-hybridized carbons (Fsp3) is 0.242. The number of aliphatic hydroxyl groups excluding tert-OH is 1. The lowest BCUT2D eigenvalue weighted by atomic mass is 9.94. The number of aliphatic hydroxyl groups is 1. The van der Waals surface area contributed by atoms with E-state index in [0.29, 0.717) is 43.9 Å². The highest BCUT2D eigenvalue weighted by atomic mass is 16.5. The van der Waals surface area contributed by atoms with E-state index in [1.54, 1.807) is 23.5 Å². The van der Waals surface area contributed by atoms with Crippen molar-refractivity contribution in [2.45, 2.75) is 45.1 Å². The smallest absolute Gasteiger partial charge is 0.295 e. The second kappa shape index (κ2) is 11.3. The van der Waals surface area contributed by atoms with E-state index in [-0.39, 0.29) is 17.4 Å². The minimum atomic E-state index is -0.732. The van der Waals surface area contributed by atoms with Crippen LogP contribution in [0.4, 0.5) is 0 Å². The molecular formula is C33H31N3O5. The molecule has 0 radical (unpaired) electrons. The second-order valence-corrected chi connectivity index (χ2v) is 10.4. The minimum absolute atomic E-state index is 0.0473. The predicted molar refractivity (Wildman–Crippen MR) is 153 cm³/mol. The summed E-state index contributed by atoms with van der Waals surface area (Å²) in [6.45, 7) is 3.40. The number of aryl methyl sites for hydroxylation is 1. The van der Waals surface area contributed by atoms with Gasteiger partial charge in [0.15, 0.2) is 0 Å². The zero-order valence-electron chi connectivity index (χ0n) is 22.8. The summed E-state index contributed by atoms with van der Waals surface area (Å²) in [4.78, 5) is 32.4. The Balaban J connectivity index is 1.31. The number of ketones is 1. The molecule has 6 rings (SSSR count). The Labute approximate surface area is 238 Å². The molecule has 1 amide bonds. The van der Waals surface area contributed by atoms with Gasteiger partial charge in [-0.05, 0) is 60.4 Å². The molecular weight excluding hydrogens is 518 g/mol. The number of nitrogens with zero attached hydrogens (tertiary/aromatic N) is 3. The van der Waals surface area contributed by atoms with Gasteiger partial charge in [0.2, 0.25) is 0 Å². The van der Waals surface area contributed by atoms with Gasteiger partial charge in [-0.2, -0.15) is 0 Å². The number of ether oxygens (including phenoxy) is 2. The number of fused-ring (bicyclic) bond motifs is 1. The molecule has 4 aromatic rings. The molecule has 8 heteroatoms. The molecule has 3 heterocycles. The fourth-order valence-corrected chi connectivity index (χ4v) is 5.51. The fourth-order valence-electron chi connectivity index (χ4n) is 5.51. The van der Waals surface area contributed by atoms with Crippen molar-refractivity contribution in [3.63, 3.8) is 0 Å². The average Bonchev–Trinajstić information content (AvgIpc) is 3.71. The molecule has 0 spiro atoms. The first-order chi connectivity index (χ1) is 20.0. The number of amides is 1. The van der Waals surface area contributed by atoms with E-state index in [1.165, 1.54) is 0 Å². The van der Waals surface area contributed by atoms with Crippen molar-refractivity contribution in [2.75, 3.05) is 6.54 Å². The second-order valence-electron chi connectivity index (χ2n) is 10.4. The molecule has 2 aliphatic heterocycles. The van der Waals surface area contributed by atoms with Gasteiger partial charge in [0, 0.05) is 37.5 Å². The van der Waals surface area contributed by atoms with Crippen LogP contribution < -0.4 is 9.47 Å². The zero-order chi connectivity index (χ0) is 28.3. The Morgan fingerprint density at radius 2 is 1.85 bits per heavy atom. The molecule has 1 fully saturated rings. The van der Waals surface area contributed by atoms with Crippen LogP contribution in [0.5, 0.6) is 11.5 Å². The summed E-state index contributed by atoms with van der Waals surface area (Å²) in [5, 5.41) is 11.5. The Morgan fingerprint density at radius 3 is 2.61 bits per heavy atom. The highest BCUT2D eigenvalue weighted by molar-refractivity contribution is 6.46. The van der Waals surface area contributed by atoms with Crippen LogP contribution in [0.1, 0.15) is 41.6 Å². The number of rotatable bonds is 9. The third-order valence-electron chi connectivity index (χ3n) is 7.53. The number of hydrogen-bond acceptors (Lipinski definition) is 6. The average molecular weight is 550 g/mol. The number of carbonyl (C=O) groups excluding carboxylic acids is 2. The molecule has 0 bridgehead atoms. The van der Waals surface area contributed by atoms with Crippen LogP contribution >= 0.6 is 0 Å². The largest absolute Gasteiger partial charge is 0.507 e. The van der Waals surface area contributed by atoms with Crippen molar-refractivity contribution >= 4 is 17.4 Å². The molecule has 41 heavy (non-hydrogen) atoms. The van der Waals surface area contributed by atoms with Crippen LogP contribution in [0.15, 0.2) is 97.1 Å². The van der Waals surface area contributed by atoms with Crippen LogP contribution in [0, 0.1) is 0 Å². The van der Waals surface area contributed by atoms with Gasteiger partial charge in [0.1, 0.15) is 30.0 Å². The topological polar surface area (TPSA) is 93.9 Å². The van der Waals surface area contributed by atoms with E-state index in [9.17, 15) is 14.7 Å². The van der Waals surface area contributed by atoms with Gasteiger partial charge >= 0.3 is 0 Å². The summed E-state index contributed by atoms with van der Waals surface area (Å²) in [5.41, 5.74) is 3.32. The Hall–Kier alpha value is -4.85. The predicted octanol–water partition coefficient (Wildman–Crippen LogP) is 5.30. The lowest BCUT2D eigenvalue weighted by molar-refractivity contribution is -0.139.